The van der Waals surface area contributed by atoms with Crippen molar-refractivity contribution in [2.24, 2.45) is 17.8 Å². The molecule has 4 aliphatic rings. The third-order valence-electron chi connectivity index (χ3n) is 12.4. The van der Waals surface area contributed by atoms with Crippen molar-refractivity contribution in [1.29, 1.82) is 0 Å². The standard InChI is InChI=1S/C50H40N4/c1-51-42-23-18-38(19-24-42)46-29-40(36-10-4-2-5-11-36)20-25-45(46)49-53-47(39-12-6-3-7-13-39)52-48(54-49)44-15-9-8-14-43(44)37-16-21-41(22-17-37)50-30-33-26-34(31-50)28-35(27-33)32-50/h2-25,29,33-35H,26-28,30-32H2. The lowest BCUT2D eigenvalue weighted by Crippen LogP contribution is -2.48. The molecule has 4 aliphatic carbocycles. The Bertz CT molecular complexity index is 2480. The highest BCUT2D eigenvalue weighted by Gasteiger charge is 2.51. The van der Waals surface area contributed by atoms with Crippen LogP contribution in [0.15, 0.2) is 152 Å². The number of hydrogen-bond acceptors (Lipinski definition) is 3. The smallest absolute Gasteiger partial charge is 0.187 e. The van der Waals surface area contributed by atoms with Gasteiger partial charge in [0.2, 0.25) is 0 Å². The fraction of sp³-hybridized carbons (Fsp3) is 0.200. The summed E-state index contributed by atoms with van der Waals surface area (Å²) in [4.78, 5) is 19.2. The van der Waals surface area contributed by atoms with E-state index in [1.807, 2.05) is 48.5 Å². The van der Waals surface area contributed by atoms with Crippen LogP contribution in [0.1, 0.15) is 44.1 Å². The highest BCUT2D eigenvalue weighted by Crippen LogP contribution is 2.60. The fourth-order valence-electron chi connectivity index (χ4n) is 10.2. The summed E-state index contributed by atoms with van der Waals surface area (Å²) in [5.74, 6) is 4.63. The maximum absolute atomic E-state index is 7.52. The number of aromatic nitrogens is 3. The Hall–Kier alpha value is -6.18. The molecule has 0 saturated heterocycles. The van der Waals surface area contributed by atoms with Crippen LogP contribution in [0.4, 0.5) is 5.69 Å². The Morgan fingerprint density at radius 2 is 0.907 bits per heavy atom. The largest absolute Gasteiger partial charge is 0.238 e. The van der Waals surface area contributed by atoms with E-state index in [9.17, 15) is 0 Å². The first-order chi connectivity index (χ1) is 26.6. The quantitative estimate of drug-likeness (QED) is 0.156. The minimum absolute atomic E-state index is 0.366. The zero-order valence-electron chi connectivity index (χ0n) is 30.2. The molecule has 0 radical (unpaired) electrons. The Morgan fingerprint density at radius 1 is 0.426 bits per heavy atom. The van der Waals surface area contributed by atoms with Crippen molar-refractivity contribution < 1.29 is 0 Å². The second kappa shape index (κ2) is 13.3. The lowest BCUT2D eigenvalue weighted by atomic mass is 9.48. The van der Waals surface area contributed by atoms with Crippen LogP contribution in [-0.2, 0) is 5.41 Å². The predicted molar refractivity (Wildman–Crippen MR) is 219 cm³/mol. The van der Waals surface area contributed by atoms with Crippen molar-refractivity contribution in [3.05, 3.63) is 169 Å². The molecule has 4 bridgehead atoms. The topological polar surface area (TPSA) is 43.0 Å². The molecule has 4 nitrogen and oxygen atoms in total. The summed E-state index contributed by atoms with van der Waals surface area (Å²) >= 11 is 0. The second-order valence-electron chi connectivity index (χ2n) is 15.8. The Balaban J connectivity index is 1.10. The first-order valence-corrected chi connectivity index (χ1v) is 19.3. The zero-order chi connectivity index (χ0) is 36.1. The van der Waals surface area contributed by atoms with Gasteiger partial charge in [-0.2, -0.15) is 0 Å². The summed E-state index contributed by atoms with van der Waals surface area (Å²) in [5, 5.41) is 0. The SMILES string of the molecule is [C-]#[N+]c1ccc(-c2cc(-c3ccccc3)ccc2-c2nc(-c3ccccc3)nc(-c3ccccc3-c3ccc(C45CC6CC(CC(C6)C4)C5)cc3)n2)cc1. The van der Waals surface area contributed by atoms with Gasteiger partial charge in [0.05, 0.1) is 6.57 Å². The van der Waals surface area contributed by atoms with Gasteiger partial charge >= 0.3 is 0 Å². The molecule has 7 aromatic rings. The lowest BCUT2D eigenvalue weighted by Gasteiger charge is -2.57. The average Bonchev–Trinajstić information content (AvgIpc) is 3.23. The molecular weight excluding hydrogens is 657 g/mol. The van der Waals surface area contributed by atoms with E-state index < -0.39 is 0 Å². The van der Waals surface area contributed by atoms with E-state index in [1.54, 1.807) is 0 Å². The van der Waals surface area contributed by atoms with Gasteiger partial charge in [0.25, 0.3) is 0 Å². The molecule has 54 heavy (non-hydrogen) atoms. The Morgan fingerprint density at radius 3 is 1.52 bits per heavy atom. The van der Waals surface area contributed by atoms with E-state index in [2.05, 4.69) is 108 Å². The molecule has 0 N–H and O–H groups in total. The Kier molecular flexibility index (Phi) is 8.02. The van der Waals surface area contributed by atoms with Crippen molar-refractivity contribution in [2.75, 3.05) is 0 Å². The van der Waals surface area contributed by atoms with Gasteiger partial charge in [-0.25, -0.2) is 19.8 Å². The first-order valence-electron chi connectivity index (χ1n) is 19.3. The van der Waals surface area contributed by atoms with Crippen molar-refractivity contribution in [1.82, 2.24) is 15.0 Å². The number of benzene rings is 6. The minimum Gasteiger partial charge on any atom is -0.238 e. The third kappa shape index (κ3) is 5.91. The number of nitrogens with zero attached hydrogens (tertiary/aromatic N) is 4. The van der Waals surface area contributed by atoms with Crippen LogP contribution >= 0.6 is 0 Å². The molecule has 0 unspecified atom stereocenters. The molecule has 4 saturated carbocycles. The van der Waals surface area contributed by atoms with E-state index in [1.165, 1.54) is 49.7 Å². The van der Waals surface area contributed by atoms with Crippen molar-refractivity contribution in [2.45, 2.75) is 43.9 Å². The summed E-state index contributed by atoms with van der Waals surface area (Å²) < 4.78 is 0. The van der Waals surface area contributed by atoms with Gasteiger partial charge in [0, 0.05) is 16.7 Å². The fourth-order valence-corrected chi connectivity index (χ4v) is 10.2. The van der Waals surface area contributed by atoms with E-state index in [4.69, 9.17) is 21.5 Å². The van der Waals surface area contributed by atoms with Gasteiger partial charge < -0.3 is 0 Å². The van der Waals surface area contributed by atoms with Crippen molar-refractivity contribution in [3.8, 4) is 67.5 Å². The molecule has 11 rings (SSSR count). The summed E-state index contributed by atoms with van der Waals surface area (Å²) in [6, 6.07) is 52.9. The van der Waals surface area contributed by atoms with Gasteiger partial charge in [-0.15, -0.1) is 0 Å². The highest BCUT2D eigenvalue weighted by molar-refractivity contribution is 5.87. The van der Waals surface area contributed by atoms with Crippen LogP contribution in [0.25, 0.3) is 72.4 Å². The molecule has 0 spiro atoms. The minimum atomic E-state index is 0.366. The van der Waals surface area contributed by atoms with Crippen LogP contribution in [-0.4, -0.2) is 15.0 Å². The highest BCUT2D eigenvalue weighted by atomic mass is 15.0. The molecule has 6 aromatic carbocycles. The van der Waals surface area contributed by atoms with Crippen LogP contribution in [0, 0.1) is 24.3 Å². The molecular formula is C50H40N4. The summed E-state index contributed by atoms with van der Waals surface area (Å²) in [6.07, 6.45) is 8.46. The summed E-state index contributed by atoms with van der Waals surface area (Å²) in [7, 11) is 0. The molecule has 0 atom stereocenters. The van der Waals surface area contributed by atoms with Crippen molar-refractivity contribution in [3.63, 3.8) is 0 Å². The average molecular weight is 697 g/mol. The van der Waals surface area contributed by atoms with E-state index in [0.717, 1.165) is 62.3 Å². The zero-order valence-corrected chi connectivity index (χ0v) is 30.2. The molecule has 260 valence electrons. The lowest BCUT2D eigenvalue weighted by molar-refractivity contribution is -0.00518. The van der Waals surface area contributed by atoms with E-state index in [0.29, 0.717) is 28.6 Å². The second-order valence-corrected chi connectivity index (χ2v) is 15.8. The third-order valence-corrected chi connectivity index (χ3v) is 12.4. The van der Waals surface area contributed by atoms with Gasteiger partial charge in [-0.1, -0.05) is 140 Å². The maximum atomic E-state index is 7.52. The molecule has 4 fully saturated rings. The van der Waals surface area contributed by atoms with Crippen molar-refractivity contribution >= 4 is 5.69 Å². The van der Waals surface area contributed by atoms with Crippen LogP contribution in [0.5, 0.6) is 0 Å². The molecule has 4 heteroatoms. The van der Waals surface area contributed by atoms with Crippen LogP contribution in [0.3, 0.4) is 0 Å². The Labute approximate surface area is 317 Å². The molecule has 1 heterocycles. The summed E-state index contributed by atoms with van der Waals surface area (Å²) in [6.45, 7) is 7.52. The number of hydrogen-bond donors (Lipinski definition) is 0. The maximum Gasteiger partial charge on any atom is 0.187 e. The van der Waals surface area contributed by atoms with Crippen LogP contribution < -0.4 is 0 Å². The van der Waals surface area contributed by atoms with Gasteiger partial charge in [-0.3, -0.25) is 0 Å². The van der Waals surface area contributed by atoms with Gasteiger partial charge in [-0.05, 0) is 113 Å². The monoisotopic (exact) mass is 696 g/mol. The number of rotatable bonds is 7. The van der Waals surface area contributed by atoms with Crippen LogP contribution in [0.2, 0.25) is 0 Å². The summed E-state index contributed by atoms with van der Waals surface area (Å²) in [5.41, 5.74) is 11.8. The molecule has 0 aliphatic heterocycles. The van der Waals surface area contributed by atoms with E-state index in [-0.39, 0.29) is 0 Å². The normalized spacial score (nSPS) is 21.1. The van der Waals surface area contributed by atoms with Gasteiger partial charge in [0.15, 0.2) is 23.2 Å². The molecule has 1 aromatic heterocycles. The first kappa shape index (κ1) is 32.5. The van der Waals surface area contributed by atoms with E-state index >= 15 is 0 Å². The van der Waals surface area contributed by atoms with Gasteiger partial charge in [0.1, 0.15) is 0 Å². The predicted octanol–water partition coefficient (Wildman–Crippen LogP) is 12.9. The molecule has 0 amide bonds.